The third-order valence-electron chi connectivity index (χ3n) is 2.72. The molecule has 2 rings (SSSR count). The van der Waals surface area contributed by atoms with E-state index in [9.17, 15) is 14.5 Å². The van der Waals surface area contributed by atoms with Crippen LogP contribution in [0.5, 0.6) is 0 Å². The molecule has 1 aromatic heterocycles. The van der Waals surface area contributed by atoms with E-state index in [1.807, 2.05) is 0 Å². The predicted molar refractivity (Wildman–Crippen MR) is 63.2 cm³/mol. The van der Waals surface area contributed by atoms with Gasteiger partial charge < -0.3 is 15.6 Å². The molecule has 2 heterocycles. The van der Waals surface area contributed by atoms with Crippen LogP contribution in [0, 0.1) is 0 Å². The van der Waals surface area contributed by atoms with Crippen LogP contribution in [0.3, 0.4) is 0 Å². The molecule has 4 N–H and O–H groups in total. The van der Waals surface area contributed by atoms with E-state index < -0.39 is 32.4 Å². The molecule has 4 atom stereocenters. The van der Waals surface area contributed by atoms with Crippen LogP contribution >= 0.6 is 8.25 Å². The minimum Gasteiger partial charge on any atom is -0.390 e. The summed E-state index contributed by atoms with van der Waals surface area (Å²) in [6.45, 7) is -0.236. The minimum absolute atomic E-state index is 0.0944. The summed E-state index contributed by atoms with van der Waals surface area (Å²) in [6, 6.07) is 1.44. The summed E-state index contributed by atoms with van der Waals surface area (Å²) < 4.78 is 21.5. The highest BCUT2D eigenvalue weighted by Crippen LogP contribution is 2.29. The van der Waals surface area contributed by atoms with Crippen molar-refractivity contribution in [2.45, 2.75) is 24.9 Å². The first-order chi connectivity index (χ1) is 8.97. The summed E-state index contributed by atoms with van der Waals surface area (Å²) >= 11 is 0. The maximum absolute atomic E-state index is 11.6. The average Bonchev–Trinajstić information content (AvgIpc) is 2.67. The van der Waals surface area contributed by atoms with E-state index in [1.54, 1.807) is 0 Å². The molecule has 2 unspecified atom stereocenters. The second kappa shape index (κ2) is 5.72. The average molecular weight is 290 g/mol. The van der Waals surface area contributed by atoms with Gasteiger partial charge in [-0.3, -0.25) is 14.0 Å². The van der Waals surface area contributed by atoms with Crippen LogP contribution in [-0.4, -0.2) is 38.4 Å². The zero-order chi connectivity index (χ0) is 14.0. The Bertz CT molecular complexity index is 535. The maximum atomic E-state index is 11.6. The van der Waals surface area contributed by atoms with E-state index in [2.05, 4.69) is 9.51 Å². The highest BCUT2D eigenvalue weighted by Gasteiger charge is 2.36. The van der Waals surface area contributed by atoms with Gasteiger partial charge in [0.25, 0.3) is 0 Å². The number of ether oxygens (including phenoxy) is 1. The van der Waals surface area contributed by atoms with E-state index in [-0.39, 0.29) is 18.8 Å². The largest absolute Gasteiger partial charge is 0.390 e. The van der Waals surface area contributed by atoms with E-state index in [4.69, 9.17) is 15.4 Å². The number of aliphatic hydroxyl groups is 1. The van der Waals surface area contributed by atoms with E-state index in [0.29, 0.717) is 0 Å². The Morgan fingerprint density at radius 2 is 2.42 bits per heavy atom. The molecule has 1 saturated heterocycles. The van der Waals surface area contributed by atoms with Crippen molar-refractivity contribution in [1.29, 1.82) is 0 Å². The standard InChI is InChI=1S/C9H13N3O6P/c10-7-1-2-12(9(14)11-7)8-3-5(13)6(18-8)4-17-19(15)16/h1-2,5-6,8,13H,3-4H2,(H,15,16)(H2,10,11,14)/t5-,6?,8+/m0/s1. The Hall–Kier alpha value is -1.38. The van der Waals surface area contributed by atoms with Crippen LogP contribution in [0.25, 0.3) is 0 Å². The molecule has 105 valence electrons. The highest BCUT2D eigenvalue weighted by molar-refractivity contribution is 7.32. The minimum atomic E-state index is -2.75. The molecule has 0 amide bonds. The molecule has 1 radical (unpaired) electrons. The van der Waals surface area contributed by atoms with Crippen molar-refractivity contribution in [1.82, 2.24) is 9.55 Å². The Morgan fingerprint density at radius 1 is 1.68 bits per heavy atom. The fourth-order valence-electron chi connectivity index (χ4n) is 1.82. The van der Waals surface area contributed by atoms with E-state index >= 15 is 0 Å². The topological polar surface area (TPSA) is 137 Å². The van der Waals surface area contributed by atoms with Gasteiger partial charge in [0.05, 0.1) is 12.7 Å². The zero-order valence-electron chi connectivity index (χ0n) is 9.75. The van der Waals surface area contributed by atoms with Gasteiger partial charge in [-0.1, -0.05) is 0 Å². The number of aliphatic hydroxyl groups excluding tert-OH is 1. The lowest BCUT2D eigenvalue weighted by Crippen LogP contribution is -2.28. The highest BCUT2D eigenvalue weighted by atomic mass is 31.1. The number of hydrogen-bond donors (Lipinski definition) is 3. The van der Waals surface area contributed by atoms with Crippen LogP contribution in [-0.2, 0) is 13.8 Å². The lowest BCUT2D eigenvalue weighted by molar-refractivity contribution is -0.0412. The Kier molecular flexibility index (Phi) is 4.23. The van der Waals surface area contributed by atoms with Crippen molar-refractivity contribution in [3.8, 4) is 0 Å². The number of aromatic nitrogens is 2. The SMILES string of the molecule is Nc1ccn([C@H]2C[C@H](O)C(CO[P](=O)O)O2)c(=O)n1. The Labute approximate surface area is 108 Å². The van der Waals surface area contributed by atoms with Crippen LogP contribution in [0.2, 0.25) is 0 Å². The molecule has 1 fully saturated rings. The Morgan fingerprint density at radius 3 is 3.05 bits per heavy atom. The van der Waals surface area contributed by atoms with Gasteiger partial charge in [0.15, 0.2) is 0 Å². The van der Waals surface area contributed by atoms with Gasteiger partial charge in [0.1, 0.15) is 18.1 Å². The number of rotatable bonds is 4. The first kappa shape index (κ1) is 14.0. The number of nitrogens with zero attached hydrogens (tertiary/aromatic N) is 2. The molecule has 10 heteroatoms. The van der Waals surface area contributed by atoms with Crippen molar-refractivity contribution < 1.29 is 23.8 Å². The molecule has 0 spiro atoms. The third-order valence-corrected chi connectivity index (χ3v) is 3.09. The first-order valence-corrected chi connectivity index (χ1v) is 6.57. The summed E-state index contributed by atoms with van der Waals surface area (Å²) in [5.74, 6) is 0.0944. The quantitative estimate of drug-likeness (QED) is 0.609. The second-order valence-electron chi connectivity index (χ2n) is 4.01. The monoisotopic (exact) mass is 290 g/mol. The van der Waals surface area contributed by atoms with Crippen molar-refractivity contribution in [3.05, 3.63) is 22.7 Å². The number of hydrogen-bond acceptors (Lipinski definition) is 7. The molecule has 1 aliphatic heterocycles. The van der Waals surface area contributed by atoms with Crippen LogP contribution < -0.4 is 11.4 Å². The zero-order valence-corrected chi connectivity index (χ0v) is 10.6. The molecule has 1 aliphatic rings. The molecule has 0 aromatic carbocycles. The maximum Gasteiger partial charge on any atom is 0.366 e. The molecular formula is C9H13N3O6P. The van der Waals surface area contributed by atoms with Crippen molar-refractivity contribution in [2.24, 2.45) is 0 Å². The molecule has 9 nitrogen and oxygen atoms in total. The predicted octanol–water partition coefficient (Wildman–Crippen LogP) is -0.860. The van der Waals surface area contributed by atoms with Crippen molar-refractivity contribution in [3.63, 3.8) is 0 Å². The molecule has 1 aromatic rings. The summed E-state index contributed by atoms with van der Waals surface area (Å²) in [5.41, 5.74) is 4.78. The first-order valence-electron chi connectivity index (χ1n) is 5.44. The lowest BCUT2D eigenvalue weighted by Gasteiger charge is -2.15. The smallest absolute Gasteiger partial charge is 0.366 e. The van der Waals surface area contributed by atoms with Crippen molar-refractivity contribution in [2.75, 3.05) is 12.3 Å². The molecule has 19 heavy (non-hydrogen) atoms. The van der Waals surface area contributed by atoms with Gasteiger partial charge in [0.2, 0.25) is 0 Å². The van der Waals surface area contributed by atoms with Crippen molar-refractivity contribution >= 4 is 14.1 Å². The van der Waals surface area contributed by atoms with Gasteiger partial charge >= 0.3 is 13.9 Å². The number of nitrogens with two attached hydrogens (primary N) is 1. The van der Waals surface area contributed by atoms with Crippen LogP contribution in [0.15, 0.2) is 17.1 Å². The van der Waals surface area contributed by atoms with Crippen LogP contribution in [0.4, 0.5) is 5.82 Å². The summed E-state index contributed by atoms with van der Waals surface area (Å²) in [5, 5.41) is 9.74. The van der Waals surface area contributed by atoms with Crippen LogP contribution in [0.1, 0.15) is 12.6 Å². The van der Waals surface area contributed by atoms with Gasteiger partial charge in [-0.05, 0) is 6.07 Å². The molecule has 0 aliphatic carbocycles. The Balaban J connectivity index is 2.07. The number of nitrogen functional groups attached to an aromatic ring is 1. The van der Waals surface area contributed by atoms with E-state index in [1.165, 1.54) is 16.8 Å². The van der Waals surface area contributed by atoms with Gasteiger partial charge in [-0.2, -0.15) is 4.98 Å². The summed E-state index contributed by atoms with van der Waals surface area (Å²) in [4.78, 5) is 23.7. The van der Waals surface area contributed by atoms with E-state index in [0.717, 1.165) is 0 Å². The van der Waals surface area contributed by atoms with Gasteiger partial charge in [0, 0.05) is 12.6 Å². The van der Waals surface area contributed by atoms with Gasteiger partial charge in [-0.15, -0.1) is 0 Å². The molecular weight excluding hydrogens is 277 g/mol. The fourth-order valence-corrected chi connectivity index (χ4v) is 2.09. The molecule has 0 bridgehead atoms. The summed E-state index contributed by atoms with van der Waals surface area (Å²) in [6.07, 6.45) is -0.815. The second-order valence-corrected chi connectivity index (χ2v) is 4.74. The fraction of sp³-hybridized carbons (Fsp3) is 0.556. The number of anilines is 1. The summed E-state index contributed by atoms with van der Waals surface area (Å²) in [7, 11) is -2.75. The third kappa shape index (κ3) is 3.34. The normalized spacial score (nSPS) is 27.5. The molecule has 0 saturated carbocycles. The van der Waals surface area contributed by atoms with Gasteiger partial charge in [-0.25, -0.2) is 9.36 Å². The lowest BCUT2D eigenvalue weighted by atomic mass is 10.2.